The smallest absolute Gasteiger partial charge is 0.165 e. The largest absolute Gasteiger partial charge is 0.505 e. The maximum atomic E-state index is 13.1. The summed E-state index contributed by atoms with van der Waals surface area (Å²) in [5.74, 6) is -0.867. The predicted molar refractivity (Wildman–Crippen MR) is 61.6 cm³/mol. The summed E-state index contributed by atoms with van der Waals surface area (Å²) in [4.78, 5) is 0. The highest BCUT2D eigenvalue weighted by molar-refractivity contribution is 5.28. The van der Waals surface area contributed by atoms with Crippen molar-refractivity contribution in [2.45, 2.75) is 31.8 Å². The van der Waals surface area contributed by atoms with E-state index in [1.807, 2.05) is 0 Å². The second kappa shape index (κ2) is 5.15. The zero-order valence-corrected chi connectivity index (χ0v) is 9.49. The van der Waals surface area contributed by atoms with E-state index in [0.29, 0.717) is 6.54 Å². The maximum absolute atomic E-state index is 13.1. The Hall–Kier alpha value is -1.60. The highest BCUT2D eigenvalue weighted by Gasteiger charge is 2.26. The molecule has 0 aliphatic heterocycles. The van der Waals surface area contributed by atoms with Gasteiger partial charge in [-0.15, -0.1) is 0 Å². The Morgan fingerprint density at radius 2 is 2.29 bits per heavy atom. The molecule has 90 valence electrons. The van der Waals surface area contributed by atoms with Crippen molar-refractivity contribution >= 4 is 0 Å². The lowest BCUT2D eigenvalue weighted by Gasteiger charge is -2.15. The van der Waals surface area contributed by atoms with Crippen LogP contribution in [-0.4, -0.2) is 11.1 Å². The zero-order valence-electron chi connectivity index (χ0n) is 9.49. The number of rotatable bonds is 3. The van der Waals surface area contributed by atoms with Crippen LogP contribution in [0.4, 0.5) is 4.39 Å². The van der Waals surface area contributed by atoms with Gasteiger partial charge in [0.15, 0.2) is 11.6 Å². The first-order valence-corrected chi connectivity index (χ1v) is 5.81. The number of halogens is 1. The van der Waals surface area contributed by atoms with Crippen molar-refractivity contribution in [1.82, 2.24) is 5.32 Å². The summed E-state index contributed by atoms with van der Waals surface area (Å²) in [6.07, 6.45) is 3.01. The van der Waals surface area contributed by atoms with Gasteiger partial charge in [0.25, 0.3) is 0 Å². The van der Waals surface area contributed by atoms with Gasteiger partial charge in [-0.3, -0.25) is 0 Å². The molecule has 1 aromatic rings. The van der Waals surface area contributed by atoms with E-state index in [1.165, 1.54) is 12.1 Å². The Morgan fingerprint density at radius 1 is 1.47 bits per heavy atom. The third-order valence-electron chi connectivity index (χ3n) is 3.26. The molecule has 1 fully saturated rings. The molecule has 0 aromatic heterocycles. The van der Waals surface area contributed by atoms with Crippen molar-refractivity contribution < 1.29 is 9.50 Å². The third-order valence-corrected chi connectivity index (χ3v) is 3.26. The van der Waals surface area contributed by atoms with E-state index in [9.17, 15) is 4.39 Å². The minimum absolute atomic E-state index is 0.0666. The highest BCUT2D eigenvalue weighted by Crippen LogP contribution is 2.25. The van der Waals surface area contributed by atoms with Crippen molar-refractivity contribution in [3.8, 4) is 11.8 Å². The molecule has 4 heteroatoms. The quantitative estimate of drug-likeness (QED) is 0.843. The van der Waals surface area contributed by atoms with Crippen LogP contribution in [-0.2, 0) is 6.54 Å². The van der Waals surface area contributed by atoms with Gasteiger partial charge < -0.3 is 10.4 Å². The molecule has 3 nitrogen and oxygen atoms in total. The fourth-order valence-corrected chi connectivity index (χ4v) is 2.27. The molecule has 1 aliphatic carbocycles. The summed E-state index contributed by atoms with van der Waals surface area (Å²) in [5, 5.41) is 21.3. The zero-order chi connectivity index (χ0) is 12.3. The van der Waals surface area contributed by atoms with Crippen LogP contribution in [0.3, 0.4) is 0 Å². The first-order valence-electron chi connectivity index (χ1n) is 5.81. The molecule has 2 rings (SSSR count). The van der Waals surface area contributed by atoms with Crippen LogP contribution >= 0.6 is 0 Å². The van der Waals surface area contributed by atoms with Crippen LogP contribution in [0.5, 0.6) is 5.75 Å². The predicted octanol–water partition coefficient (Wildman–Crippen LogP) is 2.31. The van der Waals surface area contributed by atoms with Crippen LogP contribution in [0.1, 0.15) is 24.8 Å². The van der Waals surface area contributed by atoms with Crippen molar-refractivity contribution in [2.75, 3.05) is 0 Å². The molecule has 0 amide bonds. The molecule has 1 aliphatic rings. The van der Waals surface area contributed by atoms with Gasteiger partial charge in [0.2, 0.25) is 0 Å². The van der Waals surface area contributed by atoms with E-state index in [4.69, 9.17) is 10.4 Å². The Balaban J connectivity index is 1.93. The molecule has 0 radical (unpaired) electrons. The van der Waals surface area contributed by atoms with Gasteiger partial charge in [-0.1, -0.05) is 12.5 Å². The monoisotopic (exact) mass is 234 g/mol. The molecule has 2 N–H and O–H groups in total. The standard InChI is InChI=1S/C13H15FN2O/c14-11-6-9(4-5-13(11)17)8-16-12-3-1-2-10(12)7-15/h4-6,10,12,16-17H,1-3,8H2. The van der Waals surface area contributed by atoms with Gasteiger partial charge in [0.05, 0.1) is 12.0 Å². The SMILES string of the molecule is N#CC1CCCC1NCc1ccc(O)c(F)c1. The molecule has 0 heterocycles. The molecular weight excluding hydrogens is 219 g/mol. The van der Waals surface area contributed by atoms with E-state index < -0.39 is 5.82 Å². The lowest BCUT2D eigenvalue weighted by Crippen LogP contribution is -2.31. The Morgan fingerprint density at radius 3 is 3.00 bits per heavy atom. The number of nitrogens with one attached hydrogen (secondary N) is 1. The van der Waals surface area contributed by atoms with Crippen LogP contribution in [0, 0.1) is 23.1 Å². The van der Waals surface area contributed by atoms with Crippen molar-refractivity contribution in [2.24, 2.45) is 5.92 Å². The average molecular weight is 234 g/mol. The van der Waals surface area contributed by atoms with Gasteiger partial charge in [0, 0.05) is 12.6 Å². The molecule has 0 bridgehead atoms. The molecule has 17 heavy (non-hydrogen) atoms. The van der Waals surface area contributed by atoms with E-state index in [2.05, 4.69) is 11.4 Å². The van der Waals surface area contributed by atoms with E-state index in [-0.39, 0.29) is 17.7 Å². The van der Waals surface area contributed by atoms with Gasteiger partial charge >= 0.3 is 0 Å². The fraction of sp³-hybridized carbons (Fsp3) is 0.462. The van der Waals surface area contributed by atoms with Crippen LogP contribution in [0.2, 0.25) is 0 Å². The number of nitrogens with zero attached hydrogens (tertiary/aromatic N) is 1. The van der Waals surface area contributed by atoms with Gasteiger partial charge in [-0.2, -0.15) is 5.26 Å². The second-order valence-corrected chi connectivity index (χ2v) is 4.44. The average Bonchev–Trinajstić information content (AvgIpc) is 2.78. The Labute approximate surface area is 99.9 Å². The topological polar surface area (TPSA) is 56.0 Å². The normalized spacial score (nSPS) is 23.5. The summed E-state index contributed by atoms with van der Waals surface area (Å²) in [5.41, 5.74) is 0.781. The molecule has 1 aromatic carbocycles. The number of benzene rings is 1. The number of nitriles is 1. The van der Waals surface area contributed by atoms with Crippen molar-refractivity contribution in [1.29, 1.82) is 5.26 Å². The minimum atomic E-state index is -0.604. The number of aromatic hydroxyl groups is 1. The Bertz CT molecular complexity index is 442. The molecule has 0 saturated heterocycles. The van der Waals surface area contributed by atoms with E-state index >= 15 is 0 Å². The molecule has 1 saturated carbocycles. The molecular formula is C13H15FN2O. The van der Waals surface area contributed by atoms with Gasteiger partial charge in [0.1, 0.15) is 0 Å². The van der Waals surface area contributed by atoms with Crippen LogP contribution < -0.4 is 5.32 Å². The summed E-state index contributed by atoms with van der Waals surface area (Å²) < 4.78 is 13.1. The summed E-state index contributed by atoms with van der Waals surface area (Å²) >= 11 is 0. The summed E-state index contributed by atoms with van der Waals surface area (Å²) in [7, 11) is 0. The molecule has 2 unspecified atom stereocenters. The first-order chi connectivity index (χ1) is 8.20. The second-order valence-electron chi connectivity index (χ2n) is 4.44. The van der Waals surface area contributed by atoms with E-state index in [0.717, 1.165) is 24.8 Å². The van der Waals surface area contributed by atoms with Gasteiger partial charge in [-0.05, 0) is 30.5 Å². The third kappa shape index (κ3) is 2.75. The van der Waals surface area contributed by atoms with Crippen LogP contribution in [0.15, 0.2) is 18.2 Å². The fourth-order valence-electron chi connectivity index (χ4n) is 2.27. The van der Waals surface area contributed by atoms with Crippen molar-refractivity contribution in [3.63, 3.8) is 0 Å². The van der Waals surface area contributed by atoms with Gasteiger partial charge in [-0.25, -0.2) is 4.39 Å². The number of hydrogen-bond acceptors (Lipinski definition) is 3. The number of phenols is 1. The lowest BCUT2D eigenvalue weighted by atomic mass is 10.1. The van der Waals surface area contributed by atoms with E-state index in [1.54, 1.807) is 6.07 Å². The molecule has 2 atom stereocenters. The molecule has 0 spiro atoms. The lowest BCUT2D eigenvalue weighted by molar-refractivity contribution is 0.429. The number of hydrogen-bond donors (Lipinski definition) is 2. The Kier molecular flexibility index (Phi) is 3.60. The highest BCUT2D eigenvalue weighted by atomic mass is 19.1. The van der Waals surface area contributed by atoms with Crippen LogP contribution in [0.25, 0.3) is 0 Å². The minimum Gasteiger partial charge on any atom is -0.505 e. The number of phenolic OH excluding ortho intramolecular Hbond substituents is 1. The first kappa shape index (κ1) is 11.9. The maximum Gasteiger partial charge on any atom is 0.165 e. The summed E-state index contributed by atoms with van der Waals surface area (Å²) in [6, 6.07) is 6.85. The summed E-state index contributed by atoms with van der Waals surface area (Å²) in [6.45, 7) is 0.528. The van der Waals surface area contributed by atoms with Crippen molar-refractivity contribution in [3.05, 3.63) is 29.6 Å².